The Bertz CT molecular complexity index is 658. The second-order valence-corrected chi connectivity index (χ2v) is 6.63. The van der Waals surface area contributed by atoms with Gasteiger partial charge in [0.25, 0.3) is 0 Å². The molecule has 0 saturated carbocycles. The number of hydrogen-bond acceptors (Lipinski definition) is 4. The van der Waals surface area contributed by atoms with Crippen LogP contribution in [0.15, 0.2) is 0 Å². The molecule has 1 amide bonds. The molecule has 1 rings (SSSR count). The molecule has 1 unspecified atom stereocenters. The highest BCUT2D eigenvalue weighted by Crippen LogP contribution is 2.24. The number of Topliss-reactive ketones (excluding diaryl/α,β-unsaturated/α-hetero) is 1. The normalized spacial score (nSPS) is 12.2. The van der Waals surface area contributed by atoms with Crippen LogP contribution in [0.4, 0.5) is 0 Å². The minimum absolute atomic E-state index is 0.0646. The van der Waals surface area contributed by atoms with Gasteiger partial charge in [-0.1, -0.05) is 13.8 Å². The fourth-order valence-corrected chi connectivity index (χ4v) is 2.82. The van der Waals surface area contributed by atoms with Gasteiger partial charge < -0.3 is 14.2 Å². The molecule has 0 radical (unpaired) electrons. The molecular formula is C18H28N2O4. The number of amides is 1. The van der Waals surface area contributed by atoms with Crippen molar-refractivity contribution < 1.29 is 19.1 Å². The van der Waals surface area contributed by atoms with Gasteiger partial charge in [-0.25, -0.2) is 4.79 Å². The Balaban J connectivity index is 3.20. The van der Waals surface area contributed by atoms with Crippen LogP contribution < -0.4 is 0 Å². The summed E-state index contributed by atoms with van der Waals surface area (Å²) in [5.41, 5.74) is 2.12. The molecule has 0 aromatic carbocycles. The average Bonchev–Trinajstić information content (AvgIpc) is 2.73. The molecule has 0 aliphatic rings. The highest BCUT2D eigenvalue weighted by molar-refractivity contribution is 6.06. The maximum atomic E-state index is 12.9. The minimum atomic E-state index is -0.596. The number of aromatic nitrogens is 1. The number of ketones is 1. The minimum Gasteiger partial charge on any atom is -0.464 e. The standard InChI is InChI=1S/C18H28N2O4/c1-10(2)9-14(21)19(6)13(5)17(22)15-11(3)16(18(23)24-8)20(7)12(15)4/h10,13H,9H2,1-8H3. The van der Waals surface area contributed by atoms with Crippen LogP contribution in [0.3, 0.4) is 0 Å². The van der Waals surface area contributed by atoms with E-state index in [1.165, 1.54) is 12.0 Å². The molecular weight excluding hydrogens is 308 g/mol. The first-order chi connectivity index (χ1) is 11.0. The lowest BCUT2D eigenvalue weighted by molar-refractivity contribution is -0.131. The molecule has 6 nitrogen and oxygen atoms in total. The number of carbonyl (C=O) groups is 3. The third-order valence-electron chi connectivity index (χ3n) is 4.49. The molecule has 0 spiro atoms. The lowest BCUT2D eigenvalue weighted by Gasteiger charge is -2.25. The second-order valence-electron chi connectivity index (χ2n) is 6.63. The van der Waals surface area contributed by atoms with Crippen molar-refractivity contribution in [1.82, 2.24) is 9.47 Å². The Kier molecular flexibility index (Phi) is 6.35. The Hall–Kier alpha value is -2.11. The number of rotatable bonds is 6. The number of hydrogen-bond donors (Lipinski definition) is 0. The monoisotopic (exact) mass is 336 g/mol. The molecule has 0 bridgehead atoms. The van der Waals surface area contributed by atoms with Crippen molar-refractivity contribution in [1.29, 1.82) is 0 Å². The summed E-state index contributed by atoms with van der Waals surface area (Å²) in [5, 5.41) is 0. The molecule has 1 heterocycles. The van der Waals surface area contributed by atoms with E-state index in [9.17, 15) is 14.4 Å². The highest BCUT2D eigenvalue weighted by Gasteiger charge is 2.30. The Labute approximate surface area is 143 Å². The summed E-state index contributed by atoms with van der Waals surface area (Å²) >= 11 is 0. The zero-order valence-corrected chi connectivity index (χ0v) is 15.9. The quantitative estimate of drug-likeness (QED) is 0.591. The van der Waals surface area contributed by atoms with Crippen LogP contribution in [0.25, 0.3) is 0 Å². The van der Waals surface area contributed by atoms with Gasteiger partial charge in [0.1, 0.15) is 5.69 Å². The van der Waals surface area contributed by atoms with Gasteiger partial charge in [-0.05, 0) is 32.3 Å². The van der Waals surface area contributed by atoms with Crippen LogP contribution in [0, 0.1) is 19.8 Å². The average molecular weight is 336 g/mol. The van der Waals surface area contributed by atoms with E-state index in [1.807, 2.05) is 13.8 Å². The second kappa shape index (κ2) is 7.64. The Morgan fingerprint density at radius 1 is 1.17 bits per heavy atom. The van der Waals surface area contributed by atoms with Gasteiger partial charge in [0.2, 0.25) is 5.91 Å². The maximum absolute atomic E-state index is 12.9. The van der Waals surface area contributed by atoms with Gasteiger partial charge in [0, 0.05) is 31.8 Å². The van der Waals surface area contributed by atoms with Gasteiger partial charge in [-0.3, -0.25) is 9.59 Å². The van der Waals surface area contributed by atoms with Gasteiger partial charge >= 0.3 is 5.97 Å². The van der Waals surface area contributed by atoms with E-state index in [0.717, 1.165) is 0 Å². The smallest absolute Gasteiger partial charge is 0.354 e. The van der Waals surface area contributed by atoms with Gasteiger partial charge in [-0.15, -0.1) is 0 Å². The van der Waals surface area contributed by atoms with Crippen molar-refractivity contribution in [3.63, 3.8) is 0 Å². The Morgan fingerprint density at radius 2 is 1.71 bits per heavy atom. The first-order valence-electron chi connectivity index (χ1n) is 8.08. The van der Waals surface area contributed by atoms with E-state index in [2.05, 4.69) is 0 Å². The lowest BCUT2D eigenvalue weighted by Crippen LogP contribution is -2.41. The molecule has 6 heteroatoms. The molecule has 0 fully saturated rings. The van der Waals surface area contributed by atoms with E-state index in [0.29, 0.717) is 28.9 Å². The van der Waals surface area contributed by atoms with Crippen molar-refractivity contribution in [2.24, 2.45) is 13.0 Å². The SMILES string of the molecule is COC(=O)c1c(C)c(C(=O)C(C)N(C)C(=O)CC(C)C)c(C)n1C. The van der Waals surface area contributed by atoms with Crippen LogP contribution in [-0.2, 0) is 16.6 Å². The first kappa shape index (κ1) is 19.9. The third kappa shape index (κ3) is 3.68. The summed E-state index contributed by atoms with van der Waals surface area (Å²) in [5.74, 6) is -0.483. The molecule has 0 aliphatic carbocycles. The van der Waals surface area contributed by atoms with Gasteiger partial charge in [-0.2, -0.15) is 0 Å². The molecule has 134 valence electrons. The maximum Gasteiger partial charge on any atom is 0.354 e. The summed E-state index contributed by atoms with van der Waals surface area (Å²) in [4.78, 5) is 38.6. The number of methoxy groups -OCH3 is 1. The molecule has 1 atom stereocenters. The third-order valence-corrected chi connectivity index (χ3v) is 4.49. The van der Waals surface area contributed by atoms with E-state index in [-0.39, 0.29) is 17.6 Å². The zero-order chi connectivity index (χ0) is 18.8. The summed E-state index contributed by atoms with van der Waals surface area (Å²) < 4.78 is 6.46. The van der Waals surface area contributed by atoms with Crippen molar-refractivity contribution in [2.45, 2.75) is 47.1 Å². The summed E-state index contributed by atoms with van der Waals surface area (Å²) in [7, 11) is 4.68. The van der Waals surface area contributed by atoms with Crippen molar-refractivity contribution >= 4 is 17.7 Å². The highest BCUT2D eigenvalue weighted by atomic mass is 16.5. The molecule has 0 saturated heterocycles. The van der Waals surface area contributed by atoms with Gasteiger partial charge in [0.15, 0.2) is 5.78 Å². The van der Waals surface area contributed by atoms with Crippen LogP contribution in [-0.4, -0.2) is 47.3 Å². The van der Waals surface area contributed by atoms with Crippen LogP contribution in [0.2, 0.25) is 0 Å². The molecule has 1 aromatic heterocycles. The molecule has 24 heavy (non-hydrogen) atoms. The first-order valence-corrected chi connectivity index (χ1v) is 8.08. The number of carbonyl (C=O) groups excluding carboxylic acids is 3. The van der Waals surface area contributed by atoms with Crippen LogP contribution in [0.1, 0.15) is 59.3 Å². The number of esters is 1. The number of likely N-dealkylation sites (N-methyl/N-ethyl adjacent to an activating group) is 1. The predicted octanol–water partition coefficient (Wildman–Crippen LogP) is 2.50. The van der Waals surface area contributed by atoms with E-state index in [4.69, 9.17) is 4.74 Å². The zero-order valence-electron chi connectivity index (χ0n) is 15.9. The largest absolute Gasteiger partial charge is 0.464 e. The molecule has 1 aromatic rings. The summed E-state index contributed by atoms with van der Waals surface area (Å²) in [6, 6.07) is -0.596. The fraction of sp³-hybridized carbons (Fsp3) is 0.611. The van der Waals surface area contributed by atoms with Crippen LogP contribution in [0.5, 0.6) is 0 Å². The van der Waals surface area contributed by atoms with Crippen molar-refractivity contribution in [3.8, 4) is 0 Å². The predicted molar refractivity (Wildman–Crippen MR) is 92.2 cm³/mol. The number of nitrogens with zero attached hydrogens (tertiary/aromatic N) is 2. The lowest BCUT2D eigenvalue weighted by atomic mass is 9.99. The van der Waals surface area contributed by atoms with E-state index < -0.39 is 12.0 Å². The van der Waals surface area contributed by atoms with Gasteiger partial charge in [0.05, 0.1) is 13.2 Å². The van der Waals surface area contributed by atoms with E-state index >= 15 is 0 Å². The summed E-state index contributed by atoms with van der Waals surface area (Å²) in [6.07, 6.45) is 0.397. The fourth-order valence-electron chi connectivity index (χ4n) is 2.82. The van der Waals surface area contributed by atoms with E-state index in [1.54, 1.807) is 39.4 Å². The molecule has 0 N–H and O–H groups in total. The summed E-state index contributed by atoms with van der Waals surface area (Å²) in [6.45, 7) is 9.16. The topological polar surface area (TPSA) is 68.6 Å². The van der Waals surface area contributed by atoms with Crippen molar-refractivity contribution in [2.75, 3.05) is 14.2 Å². The number of ether oxygens (including phenoxy) is 1. The van der Waals surface area contributed by atoms with Crippen LogP contribution >= 0.6 is 0 Å². The Morgan fingerprint density at radius 3 is 2.17 bits per heavy atom. The molecule has 0 aliphatic heterocycles. The van der Waals surface area contributed by atoms with Crippen molar-refractivity contribution in [3.05, 3.63) is 22.5 Å².